The van der Waals surface area contributed by atoms with Gasteiger partial charge >= 0.3 is 0 Å². The highest BCUT2D eigenvalue weighted by molar-refractivity contribution is 5.95. The Morgan fingerprint density at radius 3 is 2.59 bits per heavy atom. The average Bonchev–Trinajstić information content (AvgIpc) is 2.74. The van der Waals surface area contributed by atoms with Crippen molar-refractivity contribution in [2.45, 2.75) is 6.92 Å². The molecule has 2 nitrogen and oxygen atoms in total. The summed E-state index contributed by atoms with van der Waals surface area (Å²) in [5.41, 5.74) is 3.73. The molecule has 0 atom stereocenters. The summed E-state index contributed by atoms with van der Waals surface area (Å²) in [7, 11) is 0. The zero-order valence-electron chi connectivity index (χ0n) is 9.47. The molecule has 0 aliphatic carbocycles. The van der Waals surface area contributed by atoms with Gasteiger partial charge in [0, 0.05) is 10.9 Å². The van der Waals surface area contributed by atoms with Gasteiger partial charge in [-0.3, -0.25) is 0 Å². The Kier molecular flexibility index (Phi) is 2.15. The third-order valence-corrected chi connectivity index (χ3v) is 2.98. The Morgan fingerprint density at radius 1 is 1.06 bits per heavy atom. The molecule has 0 saturated heterocycles. The molecule has 84 valence electrons. The number of phenolic OH excluding ortho intramolecular Hbond substituents is 1. The number of aryl methyl sites for hydroxylation is 1. The highest BCUT2D eigenvalue weighted by atomic mass is 16.3. The molecule has 0 bridgehead atoms. The third kappa shape index (κ3) is 1.58. The summed E-state index contributed by atoms with van der Waals surface area (Å²) in [6.07, 6.45) is 1.74. The molecule has 1 aromatic heterocycles. The molecule has 0 amide bonds. The minimum atomic E-state index is 0.302. The molecule has 0 fully saturated rings. The van der Waals surface area contributed by atoms with Crippen LogP contribution in [0.25, 0.3) is 22.1 Å². The summed E-state index contributed by atoms with van der Waals surface area (Å²) in [5, 5.41) is 10.7. The lowest BCUT2D eigenvalue weighted by atomic mass is 10.0. The molecule has 0 radical (unpaired) electrons. The lowest BCUT2D eigenvalue weighted by molar-refractivity contribution is 0.471. The summed E-state index contributed by atoms with van der Waals surface area (Å²) in [4.78, 5) is 0. The predicted molar refractivity (Wildman–Crippen MR) is 68.1 cm³/mol. The van der Waals surface area contributed by atoms with E-state index < -0.39 is 0 Å². The molecule has 0 aliphatic heterocycles. The molecule has 1 heterocycles. The van der Waals surface area contributed by atoms with Crippen molar-refractivity contribution in [2.24, 2.45) is 0 Å². The number of aromatic hydroxyl groups is 1. The first-order valence-electron chi connectivity index (χ1n) is 5.52. The van der Waals surface area contributed by atoms with E-state index in [0.29, 0.717) is 5.75 Å². The number of hydrogen-bond donors (Lipinski definition) is 1. The van der Waals surface area contributed by atoms with Crippen molar-refractivity contribution < 1.29 is 9.52 Å². The van der Waals surface area contributed by atoms with E-state index in [9.17, 15) is 5.11 Å². The van der Waals surface area contributed by atoms with Gasteiger partial charge in [-0.2, -0.15) is 0 Å². The highest BCUT2D eigenvalue weighted by Crippen LogP contribution is 2.34. The second kappa shape index (κ2) is 3.67. The number of benzene rings is 2. The van der Waals surface area contributed by atoms with Crippen molar-refractivity contribution in [2.75, 3.05) is 0 Å². The van der Waals surface area contributed by atoms with Gasteiger partial charge in [-0.1, -0.05) is 30.3 Å². The first-order chi connectivity index (χ1) is 8.25. The molecule has 0 spiro atoms. The van der Waals surface area contributed by atoms with Crippen LogP contribution in [0.4, 0.5) is 0 Å². The third-order valence-electron chi connectivity index (χ3n) is 2.98. The van der Waals surface area contributed by atoms with E-state index in [1.807, 2.05) is 43.3 Å². The standard InChI is InChI=1S/C15H12O2/c1-10-7-15-12(8-14(10)16)13(9-17-15)11-5-3-2-4-6-11/h2-9,16H,1H3. The fourth-order valence-electron chi connectivity index (χ4n) is 2.01. The van der Waals surface area contributed by atoms with E-state index in [1.165, 1.54) is 0 Å². The number of hydrogen-bond acceptors (Lipinski definition) is 2. The number of furan rings is 1. The van der Waals surface area contributed by atoms with E-state index in [2.05, 4.69) is 0 Å². The first-order valence-corrected chi connectivity index (χ1v) is 5.52. The van der Waals surface area contributed by atoms with Crippen LogP contribution in [0.3, 0.4) is 0 Å². The lowest BCUT2D eigenvalue weighted by Crippen LogP contribution is -1.77. The molecule has 0 unspecified atom stereocenters. The smallest absolute Gasteiger partial charge is 0.135 e. The number of fused-ring (bicyclic) bond motifs is 1. The normalized spacial score (nSPS) is 10.9. The van der Waals surface area contributed by atoms with Crippen molar-refractivity contribution in [1.82, 2.24) is 0 Å². The molecule has 0 saturated carbocycles. The number of rotatable bonds is 1. The molecular weight excluding hydrogens is 212 g/mol. The number of phenols is 1. The largest absolute Gasteiger partial charge is 0.508 e. The Balaban J connectivity index is 2.29. The van der Waals surface area contributed by atoms with Gasteiger partial charge in [-0.25, -0.2) is 0 Å². The molecule has 2 heteroatoms. The summed E-state index contributed by atoms with van der Waals surface area (Å²) < 4.78 is 5.53. The Labute approximate surface area is 99.1 Å². The first kappa shape index (κ1) is 9.97. The van der Waals surface area contributed by atoms with Crippen molar-refractivity contribution in [3.05, 3.63) is 54.3 Å². The highest BCUT2D eigenvalue weighted by Gasteiger charge is 2.09. The summed E-state index contributed by atoms with van der Waals surface area (Å²) in [6.45, 7) is 1.86. The Hall–Kier alpha value is -2.22. The average molecular weight is 224 g/mol. The maximum atomic E-state index is 9.77. The minimum Gasteiger partial charge on any atom is -0.508 e. The van der Waals surface area contributed by atoms with Gasteiger partial charge in [-0.05, 0) is 30.2 Å². The maximum Gasteiger partial charge on any atom is 0.135 e. The second-order valence-corrected chi connectivity index (χ2v) is 4.15. The zero-order chi connectivity index (χ0) is 11.8. The van der Waals surface area contributed by atoms with Gasteiger partial charge in [0.15, 0.2) is 0 Å². The van der Waals surface area contributed by atoms with Gasteiger partial charge in [0.1, 0.15) is 11.3 Å². The quantitative estimate of drug-likeness (QED) is 0.674. The Bertz CT molecular complexity index is 666. The van der Waals surface area contributed by atoms with Gasteiger partial charge in [0.05, 0.1) is 6.26 Å². The summed E-state index contributed by atoms with van der Waals surface area (Å²) >= 11 is 0. The van der Waals surface area contributed by atoms with E-state index in [4.69, 9.17) is 4.42 Å². The van der Waals surface area contributed by atoms with Crippen LogP contribution in [0.1, 0.15) is 5.56 Å². The van der Waals surface area contributed by atoms with Crippen LogP contribution in [0, 0.1) is 6.92 Å². The van der Waals surface area contributed by atoms with Crippen LogP contribution in [0.2, 0.25) is 0 Å². The van der Waals surface area contributed by atoms with Crippen molar-refractivity contribution in [3.8, 4) is 16.9 Å². The maximum absolute atomic E-state index is 9.77. The topological polar surface area (TPSA) is 33.4 Å². The SMILES string of the molecule is Cc1cc2occ(-c3ccccc3)c2cc1O. The van der Waals surface area contributed by atoms with Crippen LogP contribution in [-0.2, 0) is 0 Å². The van der Waals surface area contributed by atoms with E-state index in [0.717, 1.165) is 27.7 Å². The molecule has 0 aliphatic rings. The van der Waals surface area contributed by atoms with Crippen molar-refractivity contribution in [1.29, 1.82) is 0 Å². The van der Waals surface area contributed by atoms with Gasteiger partial charge in [0.2, 0.25) is 0 Å². The van der Waals surface area contributed by atoms with Crippen LogP contribution >= 0.6 is 0 Å². The molecule has 17 heavy (non-hydrogen) atoms. The molecule has 3 aromatic rings. The molecular formula is C15H12O2. The monoisotopic (exact) mass is 224 g/mol. The van der Waals surface area contributed by atoms with Crippen molar-refractivity contribution in [3.63, 3.8) is 0 Å². The van der Waals surface area contributed by atoms with E-state index >= 15 is 0 Å². The fourth-order valence-corrected chi connectivity index (χ4v) is 2.01. The Morgan fingerprint density at radius 2 is 1.82 bits per heavy atom. The fraction of sp³-hybridized carbons (Fsp3) is 0.0667. The zero-order valence-corrected chi connectivity index (χ0v) is 9.47. The summed E-state index contributed by atoms with van der Waals surface area (Å²) in [6, 6.07) is 13.6. The lowest BCUT2D eigenvalue weighted by Gasteiger charge is -2.00. The van der Waals surface area contributed by atoms with Crippen LogP contribution < -0.4 is 0 Å². The van der Waals surface area contributed by atoms with Gasteiger partial charge in [0.25, 0.3) is 0 Å². The van der Waals surface area contributed by atoms with E-state index in [-0.39, 0.29) is 0 Å². The summed E-state index contributed by atoms with van der Waals surface area (Å²) in [5.74, 6) is 0.302. The molecule has 2 aromatic carbocycles. The van der Waals surface area contributed by atoms with Crippen LogP contribution in [-0.4, -0.2) is 5.11 Å². The van der Waals surface area contributed by atoms with Crippen molar-refractivity contribution >= 4 is 11.0 Å². The minimum absolute atomic E-state index is 0.302. The second-order valence-electron chi connectivity index (χ2n) is 4.15. The van der Waals surface area contributed by atoms with Crippen LogP contribution in [0.15, 0.2) is 53.1 Å². The van der Waals surface area contributed by atoms with E-state index in [1.54, 1.807) is 12.3 Å². The van der Waals surface area contributed by atoms with Gasteiger partial charge < -0.3 is 9.52 Å². The van der Waals surface area contributed by atoms with Crippen LogP contribution in [0.5, 0.6) is 5.75 Å². The molecule has 3 rings (SSSR count). The molecule has 1 N–H and O–H groups in total. The predicted octanol–water partition coefficient (Wildman–Crippen LogP) is 4.11. The van der Waals surface area contributed by atoms with Gasteiger partial charge in [-0.15, -0.1) is 0 Å².